The molecule has 5 nitrogen and oxygen atoms in total. The van der Waals surface area contributed by atoms with Crippen molar-refractivity contribution in [3.63, 3.8) is 0 Å². The minimum Gasteiger partial charge on any atom is -0.457 e. The maximum Gasteiger partial charge on any atom is 0.309 e. The molecule has 1 aromatic rings. The quantitative estimate of drug-likeness (QED) is 0.743. The third-order valence-electron chi connectivity index (χ3n) is 3.72. The predicted octanol–water partition coefficient (Wildman–Crippen LogP) is 1.54. The van der Waals surface area contributed by atoms with Crippen molar-refractivity contribution in [2.45, 2.75) is 44.6 Å². The van der Waals surface area contributed by atoms with E-state index in [9.17, 15) is 4.79 Å². The van der Waals surface area contributed by atoms with Gasteiger partial charge in [0.05, 0.1) is 5.92 Å². The summed E-state index contributed by atoms with van der Waals surface area (Å²) in [5.41, 5.74) is 0. The number of hydrogen-bond acceptors (Lipinski definition) is 4. The normalized spacial score (nSPS) is 20.1. The molecular formula is C12H17N3O2. The molecule has 92 valence electrons. The molecule has 0 saturated heterocycles. The van der Waals surface area contributed by atoms with Crippen LogP contribution in [0.4, 0.5) is 0 Å². The summed E-state index contributed by atoms with van der Waals surface area (Å²) in [5.74, 6) is 2.40. The highest BCUT2D eigenvalue weighted by Gasteiger charge is 2.30. The van der Waals surface area contributed by atoms with Crippen LogP contribution in [0.5, 0.6) is 0 Å². The van der Waals surface area contributed by atoms with Gasteiger partial charge < -0.3 is 9.30 Å². The van der Waals surface area contributed by atoms with Crippen LogP contribution < -0.4 is 0 Å². The summed E-state index contributed by atoms with van der Waals surface area (Å²) in [6.45, 7) is 0.256. The average molecular weight is 235 g/mol. The second-order valence-corrected chi connectivity index (χ2v) is 5.04. The van der Waals surface area contributed by atoms with Crippen molar-refractivity contribution in [3.8, 4) is 0 Å². The predicted molar refractivity (Wildman–Crippen MR) is 60.1 cm³/mol. The molecule has 0 aromatic carbocycles. The SMILES string of the molecule is Cn1c(COC(=O)C2CCC2)nnc1C1CC1. The van der Waals surface area contributed by atoms with Gasteiger partial charge >= 0.3 is 5.97 Å². The molecule has 2 aliphatic carbocycles. The number of nitrogens with zero attached hydrogens (tertiary/aromatic N) is 3. The molecule has 1 aromatic heterocycles. The van der Waals surface area contributed by atoms with Gasteiger partial charge in [0.2, 0.25) is 0 Å². The van der Waals surface area contributed by atoms with Crippen LogP contribution in [-0.2, 0) is 23.2 Å². The first kappa shape index (κ1) is 10.7. The minimum absolute atomic E-state index is 0.0766. The summed E-state index contributed by atoms with van der Waals surface area (Å²) >= 11 is 0. The molecule has 0 radical (unpaired) electrons. The molecule has 3 rings (SSSR count). The fourth-order valence-corrected chi connectivity index (χ4v) is 2.10. The zero-order valence-corrected chi connectivity index (χ0v) is 10.1. The van der Waals surface area contributed by atoms with E-state index in [2.05, 4.69) is 10.2 Å². The van der Waals surface area contributed by atoms with E-state index in [1.165, 1.54) is 12.8 Å². The van der Waals surface area contributed by atoms with Gasteiger partial charge in [-0.15, -0.1) is 10.2 Å². The van der Waals surface area contributed by atoms with Gasteiger partial charge in [0.1, 0.15) is 5.82 Å². The lowest BCUT2D eigenvalue weighted by Crippen LogP contribution is -2.24. The third-order valence-corrected chi connectivity index (χ3v) is 3.72. The lowest BCUT2D eigenvalue weighted by atomic mass is 9.86. The van der Waals surface area contributed by atoms with Gasteiger partial charge in [-0.25, -0.2) is 0 Å². The summed E-state index contributed by atoms with van der Waals surface area (Å²) in [6, 6.07) is 0. The molecule has 2 saturated carbocycles. The molecule has 0 bridgehead atoms. The number of hydrogen-bond donors (Lipinski definition) is 0. The summed E-state index contributed by atoms with van der Waals surface area (Å²) in [6.07, 6.45) is 5.51. The Kier molecular flexibility index (Phi) is 2.61. The number of rotatable bonds is 4. The number of carbonyl (C=O) groups excluding carboxylic acids is 1. The lowest BCUT2D eigenvalue weighted by Gasteiger charge is -2.22. The van der Waals surface area contributed by atoms with Gasteiger partial charge in [0.25, 0.3) is 0 Å². The molecule has 0 N–H and O–H groups in total. The summed E-state index contributed by atoms with van der Waals surface area (Å²) in [5, 5.41) is 8.24. The van der Waals surface area contributed by atoms with Gasteiger partial charge in [0.15, 0.2) is 12.4 Å². The van der Waals surface area contributed by atoms with Crippen LogP contribution in [0.2, 0.25) is 0 Å². The van der Waals surface area contributed by atoms with E-state index in [1.54, 1.807) is 0 Å². The maximum absolute atomic E-state index is 11.6. The third kappa shape index (κ3) is 2.06. The smallest absolute Gasteiger partial charge is 0.309 e. The molecule has 1 heterocycles. The topological polar surface area (TPSA) is 57.0 Å². The van der Waals surface area contributed by atoms with Gasteiger partial charge in [-0.2, -0.15) is 0 Å². The Labute approximate surface area is 100 Å². The van der Waals surface area contributed by atoms with Crippen LogP contribution in [0.15, 0.2) is 0 Å². The van der Waals surface area contributed by atoms with Crippen molar-refractivity contribution in [3.05, 3.63) is 11.6 Å². The molecule has 2 fully saturated rings. The van der Waals surface area contributed by atoms with Crippen LogP contribution in [0.25, 0.3) is 0 Å². The highest BCUT2D eigenvalue weighted by molar-refractivity contribution is 5.73. The largest absolute Gasteiger partial charge is 0.457 e. The Morgan fingerprint density at radius 3 is 2.71 bits per heavy atom. The standard InChI is InChI=1S/C12H17N3O2/c1-15-10(13-14-11(15)8-5-6-8)7-17-12(16)9-3-2-4-9/h8-9H,2-7H2,1H3. The number of aromatic nitrogens is 3. The van der Waals surface area contributed by atoms with Crippen molar-refractivity contribution in [2.75, 3.05) is 0 Å². The highest BCUT2D eigenvalue weighted by Crippen LogP contribution is 2.38. The molecular weight excluding hydrogens is 218 g/mol. The summed E-state index contributed by atoms with van der Waals surface area (Å²) in [4.78, 5) is 11.6. The molecule has 17 heavy (non-hydrogen) atoms. The molecule has 0 amide bonds. The van der Waals surface area contributed by atoms with Crippen molar-refractivity contribution in [2.24, 2.45) is 13.0 Å². The van der Waals surface area contributed by atoms with Crippen molar-refractivity contribution in [1.29, 1.82) is 0 Å². The zero-order chi connectivity index (χ0) is 11.8. The second-order valence-electron chi connectivity index (χ2n) is 5.04. The van der Waals surface area contributed by atoms with Gasteiger partial charge in [-0.1, -0.05) is 6.42 Å². The van der Waals surface area contributed by atoms with E-state index in [0.29, 0.717) is 5.92 Å². The van der Waals surface area contributed by atoms with Gasteiger partial charge in [0, 0.05) is 13.0 Å². The summed E-state index contributed by atoms with van der Waals surface area (Å²) < 4.78 is 7.23. The molecule has 2 aliphatic rings. The molecule has 0 atom stereocenters. The first-order chi connectivity index (χ1) is 8.25. The van der Waals surface area contributed by atoms with E-state index in [-0.39, 0.29) is 18.5 Å². The first-order valence-corrected chi connectivity index (χ1v) is 6.30. The lowest BCUT2D eigenvalue weighted by molar-refractivity contribution is -0.153. The van der Waals surface area contributed by atoms with Gasteiger partial charge in [-0.3, -0.25) is 4.79 Å². The van der Waals surface area contributed by atoms with E-state index >= 15 is 0 Å². The van der Waals surface area contributed by atoms with Gasteiger partial charge in [-0.05, 0) is 25.7 Å². The number of esters is 1. The first-order valence-electron chi connectivity index (χ1n) is 6.30. The molecule has 0 aliphatic heterocycles. The minimum atomic E-state index is -0.0766. The van der Waals surface area contributed by atoms with E-state index < -0.39 is 0 Å². The van der Waals surface area contributed by atoms with Crippen LogP contribution >= 0.6 is 0 Å². The molecule has 0 spiro atoms. The van der Waals surface area contributed by atoms with E-state index in [0.717, 1.165) is 30.9 Å². The molecule has 5 heteroatoms. The van der Waals surface area contributed by atoms with E-state index in [1.807, 2.05) is 11.6 Å². The monoisotopic (exact) mass is 235 g/mol. The van der Waals surface area contributed by atoms with Crippen molar-refractivity contribution < 1.29 is 9.53 Å². The Hall–Kier alpha value is -1.39. The average Bonchev–Trinajstić information content (AvgIpc) is 2.99. The second kappa shape index (κ2) is 4.13. The molecule has 0 unspecified atom stereocenters. The highest BCUT2D eigenvalue weighted by atomic mass is 16.5. The summed E-state index contributed by atoms with van der Waals surface area (Å²) in [7, 11) is 1.94. The Bertz CT molecular complexity index is 433. The van der Waals surface area contributed by atoms with E-state index in [4.69, 9.17) is 4.74 Å². The fraction of sp³-hybridized carbons (Fsp3) is 0.750. The van der Waals surface area contributed by atoms with Crippen molar-refractivity contribution >= 4 is 5.97 Å². The number of carbonyl (C=O) groups is 1. The Morgan fingerprint density at radius 2 is 2.12 bits per heavy atom. The Balaban J connectivity index is 1.58. The van der Waals surface area contributed by atoms with Crippen molar-refractivity contribution in [1.82, 2.24) is 14.8 Å². The van der Waals surface area contributed by atoms with Crippen LogP contribution in [-0.4, -0.2) is 20.7 Å². The number of ether oxygens (including phenoxy) is 1. The van der Waals surface area contributed by atoms with Crippen LogP contribution in [0, 0.1) is 5.92 Å². The fourth-order valence-electron chi connectivity index (χ4n) is 2.10. The maximum atomic E-state index is 11.6. The van der Waals surface area contributed by atoms with Crippen LogP contribution in [0.3, 0.4) is 0 Å². The zero-order valence-electron chi connectivity index (χ0n) is 10.1. The van der Waals surface area contributed by atoms with Crippen LogP contribution in [0.1, 0.15) is 49.7 Å². The Morgan fingerprint density at radius 1 is 1.35 bits per heavy atom.